The summed E-state index contributed by atoms with van der Waals surface area (Å²) in [6, 6.07) is 3.32. The molecule has 2 rings (SSSR count). The Bertz CT molecular complexity index is 737. The highest BCUT2D eigenvalue weighted by atomic mass is 16.7. The molecule has 1 aromatic carbocycles. The van der Waals surface area contributed by atoms with Gasteiger partial charge in [-0.15, -0.1) is 0 Å². The van der Waals surface area contributed by atoms with Gasteiger partial charge in [-0.1, -0.05) is 0 Å². The molecule has 1 fully saturated rings. The van der Waals surface area contributed by atoms with E-state index in [4.69, 9.17) is 15.2 Å². The third-order valence-corrected chi connectivity index (χ3v) is 4.69. The van der Waals surface area contributed by atoms with Crippen LogP contribution < -0.4 is 15.8 Å². The van der Waals surface area contributed by atoms with E-state index in [9.17, 15) is 14.4 Å². The summed E-state index contributed by atoms with van der Waals surface area (Å²) in [4.78, 5) is 37.2. The van der Waals surface area contributed by atoms with Crippen LogP contribution in [0.1, 0.15) is 34.3 Å². The van der Waals surface area contributed by atoms with Gasteiger partial charge in [0.2, 0.25) is 6.79 Å². The van der Waals surface area contributed by atoms with Gasteiger partial charge in [0, 0.05) is 24.7 Å². The van der Waals surface area contributed by atoms with Crippen molar-refractivity contribution in [3.05, 3.63) is 28.8 Å². The van der Waals surface area contributed by atoms with Crippen molar-refractivity contribution >= 4 is 18.0 Å². The lowest BCUT2D eigenvalue weighted by atomic mass is 10.0. The van der Waals surface area contributed by atoms with Crippen LogP contribution in [-0.2, 0) is 14.3 Å². The van der Waals surface area contributed by atoms with Gasteiger partial charge in [0.25, 0.3) is 5.91 Å². The lowest BCUT2D eigenvalue weighted by Gasteiger charge is -2.32. The average Bonchev–Trinajstić information content (AvgIpc) is 2.69. The van der Waals surface area contributed by atoms with Gasteiger partial charge in [-0.25, -0.2) is 4.79 Å². The maximum atomic E-state index is 12.6. The number of nitrogens with zero attached hydrogens (tertiary/aromatic N) is 1. The van der Waals surface area contributed by atoms with E-state index in [1.165, 1.54) is 4.90 Å². The van der Waals surface area contributed by atoms with E-state index in [-0.39, 0.29) is 18.5 Å². The van der Waals surface area contributed by atoms with E-state index in [2.05, 4.69) is 10.1 Å². The molecule has 28 heavy (non-hydrogen) atoms. The summed E-state index contributed by atoms with van der Waals surface area (Å²) in [5, 5.41) is 2.96. The van der Waals surface area contributed by atoms with Crippen LogP contribution in [-0.4, -0.2) is 62.4 Å². The summed E-state index contributed by atoms with van der Waals surface area (Å²) in [6.07, 6.45) is 0.870. The minimum absolute atomic E-state index is 0.201. The van der Waals surface area contributed by atoms with Gasteiger partial charge in [-0.2, -0.15) is 0 Å². The highest BCUT2D eigenvalue weighted by molar-refractivity contribution is 5.95. The van der Waals surface area contributed by atoms with Crippen LogP contribution in [0.5, 0.6) is 5.75 Å². The van der Waals surface area contributed by atoms with Crippen molar-refractivity contribution in [3.8, 4) is 5.75 Å². The first-order valence-corrected chi connectivity index (χ1v) is 9.09. The molecule has 1 saturated heterocycles. The number of carbonyl (C=O) groups excluding carboxylic acids is 3. The first kappa shape index (κ1) is 21.5. The van der Waals surface area contributed by atoms with Crippen molar-refractivity contribution in [1.29, 1.82) is 0 Å². The molecule has 9 heteroatoms. The SMILES string of the molecule is COc1cc(C(=O)NC2CCCN(C(=O)OCOC(=O)CN)C2)cc(C)c1C. The summed E-state index contributed by atoms with van der Waals surface area (Å²) >= 11 is 0. The smallest absolute Gasteiger partial charge is 0.412 e. The number of methoxy groups -OCH3 is 1. The molecule has 154 valence electrons. The molecule has 3 N–H and O–H groups in total. The van der Waals surface area contributed by atoms with E-state index in [1.807, 2.05) is 19.9 Å². The molecule has 0 radical (unpaired) electrons. The Labute approximate surface area is 164 Å². The third kappa shape index (κ3) is 5.59. The number of amides is 2. The predicted molar refractivity (Wildman–Crippen MR) is 101 cm³/mol. The Hall–Kier alpha value is -2.81. The van der Waals surface area contributed by atoms with Crippen molar-refractivity contribution < 1.29 is 28.6 Å². The number of nitrogens with one attached hydrogen (secondary N) is 1. The van der Waals surface area contributed by atoms with Crippen molar-refractivity contribution in [2.45, 2.75) is 32.7 Å². The van der Waals surface area contributed by atoms with Gasteiger partial charge in [0.05, 0.1) is 13.7 Å². The Morgan fingerprint density at radius 3 is 2.68 bits per heavy atom. The fraction of sp³-hybridized carbons (Fsp3) is 0.526. The Morgan fingerprint density at radius 2 is 2.00 bits per heavy atom. The van der Waals surface area contributed by atoms with Crippen LogP contribution >= 0.6 is 0 Å². The second-order valence-electron chi connectivity index (χ2n) is 6.63. The van der Waals surface area contributed by atoms with Gasteiger partial charge in [-0.3, -0.25) is 9.59 Å². The number of aryl methyl sites for hydroxylation is 1. The zero-order chi connectivity index (χ0) is 20.7. The number of esters is 1. The second-order valence-corrected chi connectivity index (χ2v) is 6.63. The molecule has 0 aliphatic carbocycles. The Balaban J connectivity index is 1.92. The molecule has 1 aliphatic rings. The maximum Gasteiger partial charge on any atom is 0.412 e. The third-order valence-electron chi connectivity index (χ3n) is 4.69. The van der Waals surface area contributed by atoms with Crippen LogP contribution in [0.4, 0.5) is 4.79 Å². The number of piperidine rings is 1. The quantitative estimate of drug-likeness (QED) is 0.548. The number of ether oxygens (including phenoxy) is 3. The van der Waals surface area contributed by atoms with Crippen molar-refractivity contribution in [2.75, 3.05) is 33.5 Å². The highest BCUT2D eigenvalue weighted by Gasteiger charge is 2.26. The molecular formula is C19H27N3O6. The van der Waals surface area contributed by atoms with Crippen LogP contribution in [0.2, 0.25) is 0 Å². The number of hydrogen-bond donors (Lipinski definition) is 2. The molecular weight excluding hydrogens is 366 g/mol. The standard InChI is InChI=1S/C19H27N3O6/c1-12-7-14(8-16(26-3)13(12)2)18(24)21-15-5-4-6-22(10-15)19(25)28-11-27-17(23)9-20/h7-8,15H,4-6,9-11,20H2,1-3H3,(H,21,24). The van der Waals surface area contributed by atoms with Crippen molar-refractivity contribution in [2.24, 2.45) is 5.73 Å². The minimum atomic E-state index is -0.652. The maximum absolute atomic E-state index is 12.6. The zero-order valence-corrected chi connectivity index (χ0v) is 16.4. The fourth-order valence-electron chi connectivity index (χ4n) is 3.00. The summed E-state index contributed by atoms with van der Waals surface area (Å²) in [5.74, 6) is -0.218. The molecule has 1 heterocycles. The number of hydrogen-bond acceptors (Lipinski definition) is 7. The first-order valence-electron chi connectivity index (χ1n) is 9.09. The number of carbonyl (C=O) groups is 3. The highest BCUT2D eigenvalue weighted by Crippen LogP contribution is 2.23. The molecule has 0 bridgehead atoms. The number of likely N-dealkylation sites (tertiary alicyclic amines) is 1. The van der Waals surface area contributed by atoms with Crippen LogP contribution in [0, 0.1) is 13.8 Å². The van der Waals surface area contributed by atoms with Crippen LogP contribution in [0.25, 0.3) is 0 Å². The van der Waals surface area contributed by atoms with Gasteiger partial charge in [-0.05, 0) is 49.9 Å². The van der Waals surface area contributed by atoms with Crippen molar-refractivity contribution in [3.63, 3.8) is 0 Å². The molecule has 1 atom stereocenters. The van der Waals surface area contributed by atoms with Gasteiger partial charge in [0.1, 0.15) is 5.75 Å². The molecule has 1 aromatic rings. The van der Waals surface area contributed by atoms with Gasteiger partial charge in [0.15, 0.2) is 0 Å². The van der Waals surface area contributed by atoms with E-state index >= 15 is 0 Å². The molecule has 0 saturated carbocycles. The topological polar surface area (TPSA) is 120 Å². The fourth-order valence-corrected chi connectivity index (χ4v) is 3.00. The largest absolute Gasteiger partial charge is 0.496 e. The van der Waals surface area contributed by atoms with Crippen LogP contribution in [0.15, 0.2) is 12.1 Å². The molecule has 0 aromatic heterocycles. The predicted octanol–water partition coefficient (Wildman–Crippen LogP) is 1.10. The van der Waals surface area contributed by atoms with Gasteiger partial charge >= 0.3 is 12.1 Å². The molecule has 1 aliphatic heterocycles. The van der Waals surface area contributed by atoms with E-state index in [1.54, 1.807) is 13.2 Å². The van der Waals surface area contributed by atoms with Crippen LogP contribution in [0.3, 0.4) is 0 Å². The van der Waals surface area contributed by atoms with Crippen molar-refractivity contribution in [1.82, 2.24) is 10.2 Å². The molecule has 9 nitrogen and oxygen atoms in total. The summed E-state index contributed by atoms with van der Waals surface area (Å²) in [6.45, 7) is 3.92. The number of nitrogens with two attached hydrogens (primary N) is 1. The number of rotatable bonds is 6. The summed E-state index contributed by atoms with van der Waals surface area (Å²) < 4.78 is 14.9. The Kier molecular flexibility index (Phi) is 7.62. The van der Waals surface area contributed by atoms with E-state index in [0.717, 1.165) is 24.0 Å². The lowest BCUT2D eigenvalue weighted by Crippen LogP contribution is -2.49. The number of benzene rings is 1. The van der Waals surface area contributed by atoms with E-state index < -0.39 is 18.9 Å². The monoisotopic (exact) mass is 393 g/mol. The average molecular weight is 393 g/mol. The summed E-state index contributed by atoms with van der Waals surface area (Å²) in [5.41, 5.74) is 7.56. The minimum Gasteiger partial charge on any atom is -0.496 e. The normalized spacial score (nSPS) is 16.3. The lowest BCUT2D eigenvalue weighted by molar-refractivity contribution is -0.150. The first-order chi connectivity index (χ1) is 13.3. The van der Waals surface area contributed by atoms with Gasteiger partial charge < -0.3 is 30.2 Å². The molecule has 0 spiro atoms. The molecule has 2 amide bonds. The Morgan fingerprint density at radius 1 is 1.25 bits per heavy atom. The summed E-state index contributed by atoms with van der Waals surface area (Å²) in [7, 11) is 1.57. The second kappa shape index (κ2) is 9.93. The molecule has 1 unspecified atom stereocenters. The van der Waals surface area contributed by atoms with E-state index in [0.29, 0.717) is 24.4 Å². The zero-order valence-electron chi connectivity index (χ0n) is 16.4.